The van der Waals surface area contributed by atoms with Crippen molar-refractivity contribution >= 4 is 22.4 Å². The van der Waals surface area contributed by atoms with E-state index in [0.717, 1.165) is 11.1 Å². The molecule has 0 aliphatic rings. The molecule has 0 unspecified atom stereocenters. The largest absolute Gasteiger partial charge is 0.241 e. The number of hydrogen-bond acceptors (Lipinski definition) is 1. The van der Waals surface area contributed by atoms with E-state index in [1.54, 1.807) is 0 Å². The lowest BCUT2D eigenvalue weighted by molar-refractivity contribution is 1.24. The van der Waals surface area contributed by atoms with E-state index in [4.69, 9.17) is 11.6 Å². The molecule has 2 heteroatoms. The van der Waals surface area contributed by atoms with Gasteiger partial charge in [0.1, 0.15) is 5.15 Å². The van der Waals surface area contributed by atoms with Crippen LogP contribution >= 0.6 is 11.6 Å². The number of hydrogen-bond donors (Lipinski definition) is 0. The molecule has 1 aromatic carbocycles. The molecule has 0 amide bonds. The number of aromatic nitrogens is 1. The molecule has 1 nitrogen and oxygen atoms in total. The Balaban J connectivity index is 0.000000461. The first-order valence-electron chi connectivity index (χ1n) is 4.79. The Morgan fingerprint density at radius 1 is 1.14 bits per heavy atom. The summed E-state index contributed by atoms with van der Waals surface area (Å²) in [4.78, 5) is 4.17. The van der Waals surface area contributed by atoms with E-state index in [-0.39, 0.29) is 0 Å². The molecule has 14 heavy (non-hydrogen) atoms. The minimum atomic E-state index is 0.561. The van der Waals surface area contributed by atoms with E-state index in [2.05, 4.69) is 4.98 Å². The van der Waals surface area contributed by atoms with Gasteiger partial charge in [-0.1, -0.05) is 49.7 Å². The molecule has 0 spiro atoms. The third-order valence-corrected chi connectivity index (χ3v) is 2.09. The minimum Gasteiger partial charge on any atom is -0.241 e. The van der Waals surface area contributed by atoms with Crippen LogP contribution in [-0.4, -0.2) is 4.98 Å². The lowest BCUT2D eigenvalue weighted by Crippen LogP contribution is -1.83. The van der Waals surface area contributed by atoms with Crippen molar-refractivity contribution in [2.75, 3.05) is 0 Å². The summed E-state index contributed by atoms with van der Waals surface area (Å²) in [6.45, 7) is 5.97. The van der Waals surface area contributed by atoms with E-state index < -0.39 is 0 Å². The van der Waals surface area contributed by atoms with Gasteiger partial charge in [0.05, 0.1) is 0 Å². The summed E-state index contributed by atoms with van der Waals surface area (Å²) < 4.78 is 0. The zero-order valence-electron chi connectivity index (χ0n) is 8.71. The highest BCUT2D eigenvalue weighted by atomic mass is 35.5. The molecule has 1 aromatic heterocycles. The maximum Gasteiger partial charge on any atom is 0.129 e. The van der Waals surface area contributed by atoms with Crippen LogP contribution in [0.5, 0.6) is 0 Å². The molecule has 0 saturated heterocycles. The van der Waals surface area contributed by atoms with Crippen LogP contribution in [0, 0.1) is 6.92 Å². The maximum atomic E-state index is 5.81. The Morgan fingerprint density at radius 3 is 2.50 bits per heavy atom. The van der Waals surface area contributed by atoms with Gasteiger partial charge in [0.25, 0.3) is 0 Å². The van der Waals surface area contributed by atoms with Crippen molar-refractivity contribution in [3.63, 3.8) is 0 Å². The van der Waals surface area contributed by atoms with Crippen LogP contribution in [0.25, 0.3) is 10.8 Å². The second kappa shape index (κ2) is 4.97. The molecule has 74 valence electrons. The Morgan fingerprint density at radius 2 is 1.79 bits per heavy atom. The summed E-state index contributed by atoms with van der Waals surface area (Å²) in [6, 6.07) is 9.97. The molecule has 0 atom stereocenters. The lowest BCUT2D eigenvalue weighted by atomic mass is 10.1. The summed E-state index contributed by atoms with van der Waals surface area (Å²) in [5.74, 6) is 0. The van der Waals surface area contributed by atoms with E-state index in [0.29, 0.717) is 5.15 Å². The normalized spacial score (nSPS) is 9.43. The van der Waals surface area contributed by atoms with Gasteiger partial charge in [0.2, 0.25) is 0 Å². The molecular weight excluding hydrogens is 194 g/mol. The minimum absolute atomic E-state index is 0.561. The van der Waals surface area contributed by atoms with Crippen LogP contribution in [0.4, 0.5) is 0 Å². The third-order valence-electron chi connectivity index (χ3n) is 1.90. The van der Waals surface area contributed by atoms with Crippen LogP contribution in [0.2, 0.25) is 5.15 Å². The van der Waals surface area contributed by atoms with Crippen molar-refractivity contribution in [2.45, 2.75) is 20.8 Å². The van der Waals surface area contributed by atoms with Crippen molar-refractivity contribution in [3.05, 3.63) is 41.2 Å². The van der Waals surface area contributed by atoms with Gasteiger partial charge in [-0.2, -0.15) is 0 Å². The standard InChI is InChI=1S/C10H8ClN.C2H6/c1-7-9-5-3-2-4-8(9)6-10(11)12-7;1-2/h2-6H,1H3;1-2H3. The Labute approximate surface area is 89.7 Å². The molecule has 0 radical (unpaired) electrons. The first kappa shape index (κ1) is 11.0. The first-order valence-corrected chi connectivity index (χ1v) is 5.17. The highest BCUT2D eigenvalue weighted by Gasteiger charge is 1.98. The van der Waals surface area contributed by atoms with Crippen molar-refractivity contribution in [2.24, 2.45) is 0 Å². The number of aryl methyl sites for hydroxylation is 1. The number of pyridine rings is 1. The van der Waals surface area contributed by atoms with Crippen LogP contribution in [0.15, 0.2) is 30.3 Å². The van der Waals surface area contributed by atoms with Gasteiger partial charge in [-0.25, -0.2) is 4.98 Å². The van der Waals surface area contributed by atoms with Gasteiger partial charge >= 0.3 is 0 Å². The fourth-order valence-corrected chi connectivity index (χ4v) is 1.58. The molecular formula is C12H14ClN. The summed E-state index contributed by atoms with van der Waals surface area (Å²) in [6.07, 6.45) is 0. The summed E-state index contributed by atoms with van der Waals surface area (Å²) in [5, 5.41) is 2.88. The van der Waals surface area contributed by atoms with E-state index in [1.807, 2.05) is 51.1 Å². The van der Waals surface area contributed by atoms with Crippen molar-refractivity contribution in [3.8, 4) is 0 Å². The van der Waals surface area contributed by atoms with Gasteiger partial charge < -0.3 is 0 Å². The number of rotatable bonds is 0. The molecule has 0 saturated carbocycles. The highest BCUT2D eigenvalue weighted by Crippen LogP contribution is 2.19. The number of benzene rings is 1. The van der Waals surface area contributed by atoms with E-state index in [9.17, 15) is 0 Å². The van der Waals surface area contributed by atoms with Crippen LogP contribution in [0.1, 0.15) is 19.5 Å². The summed E-state index contributed by atoms with van der Waals surface area (Å²) >= 11 is 5.81. The molecule has 0 aliphatic carbocycles. The van der Waals surface area contributed by atoms with E-state index >= 15 is 0 Å². The monoisotopic (exact) mass is 207 g/mol. The fraction of sp³-hybridized carbons (Fsp3) is 0.250. The lowest BCUT2D eigenvalue weighted by Gasteiger charge is -2.00. The Hall–Kier alpha value is -1.08. The molecule has 0 fully saturated rings. The smallest absolute Gasteiger partial charge is 0.129 e. The number of nitrogens with zero attached hydrogens (tertiary/aromatic N) is 1. The van der Waals surface area contributed by atoms with Crippen molar-refractivity contribution < 1.29 is 0 Å². The molecule has 0 aliphatic heterocycles. The zero-order chi connectivity index (χ0) is 10.6. The second-order valence-electron chi connectivity index (χ2n) is 2.75. The Kier molecular flexibility index (Phi) is 3.90. The number of fused-ring (bicyclic) bond motifs is 1. The molecule has 2 aromatic rings. The van der Waals surface area contributed by atoms with Gasteiger partial charge in [-0.05, 0) is 18.4 Å². The predicted molar refractivity (Wildman–Crippen MR) is 62.8 cm³/mol. The molecule has 0 N–H and O–H groups in total. The van der Waals surface area contributed by atoms with Gasteiger partial charge in [-0.15, -0.1) is 0 Å². The zero-order valence-corrected chi connectivity index (χ0v) is 9.47. The van der Waals surface area contributed by atoms with Crippen molar-refractivity contribution in [1.82, 2.24) is 4.98 Å². The van der Waals surface area contributed by atoms with E-state index in [1.165, 1.54) is 5.39 Å². The van der Waals surface area contributed by atoms with Crippen LogP contribution in [0.3, 0.4) is 0 Å². The third kappa shape index (κ3) is 2.24. The average Bonchev–Trinajstić information content (AvgIpc) is 2.20. The first-order chi connectivity index (χ1) is 6.77. The fourth-order valence-electron chi connectivity index (χ4n) is 1.33. The second-order valence-corrected chi connectivity index (χ2v) is 3.14. The van der Waals surface area contributed by atoms with Gasteiger partial charge in [-0.3, -0.25) is 0 Å². The van der Waals surface area contributed by atoms with Gasteiger partial charge in [0.15, 0.2) is 0 Å². The Bertz CT molecular complexity index is 424. The topological polar surface area (TPSA) is 12.9 Å². The highest BCUT2D eigenvalue weighted by molar-refractivity contribution is 6.30. The predicted octanol–water partition coefficient (Wildman–Crippen LogP) is 4.22. The summed E-state index contributed by atoms with van der Waals surface area (Å²) in [7, 11) is 0. The average molecular weight is 208 g/mol. The van der Waals surface area contributed by atoms with Crippen molar-refractivity contribution in [1.29, 1.82) is 0 Å². The number of halogens is 1. The summed E-state index contributed by atoms with van der Waals surface area (Å²) in [5.41, 5.74) is 0.984. The SMILES string of the molecule is CC.Cc1nc(Cl)cc2ccccc12. The molecule has 1 heterocycles. The molecule has 0 bridgehead atoms. The van der Waals surface area contributed by atoms with Crippen LogP contribution < -0.4 is 0 Å². The molecule has 2 rings (SSSR count). The quantitative estimate of drug-likeness (QED) is 0.590. The van der Waals surface area contributed by atoms with Crippen LogP contribution in [-0.2, 0) is 0 Å². The van der Waals surface area contributed by atoms with Gasteiger partial charge in [0, 0.05) is 11.1 Å². The maximum absolute atomic E-state index is 5.81.